The van der Waals surface area contributed by atoms with Crippen LogP contribution in [0.4, 0.5) is 33.8 Å². The minimum atomic E-state index is -0.428. The van der Waals surface area contributed by atoms with E-state index >= 15 is 0 Å². The second-order valence-corrected chi connectivity index (χ2v) is 16.3. The number of ketones is 1. The van der Waals surface area contributed by atoms with Gasteiger partial charge in [-0.2, -0.15) is 10.1 Å². The predicted molar refractivity (Wildman–Crippen MR) is 223 cm³/mol. The largest absolute Gasteiger partial charge is 0.370 e. The molecular weight excluding hydrogens is 737 g/mol. The van der Waals surface area contributed by atoms with Crippen molar-refractivity contribution in [2.45, 2.75) is 83.8 Å². The van der Waals surface area contributed by atoms with Crippen LogP contribution in [0.1, 0.15) is 80.8 Å². The lowest BCUT2D eigenvalue weighted by Gasteiger charge is -2.47. The number of hydrogen-bond acceptors (Lipinski definition) is 12. The van der Waals surface area contributed by atoms with Crippen LogP contribution in [0.2, 0.25) is 0 Å². The first kappa shape index (κ1) is 37.7. The molecule has 1 atom stereocenters. The molecule has 58 heavy (non-hydrogen) atoms. The summed E-state index contributed by atoms with van der Waals surface area (Å²) in [5, 5.41) is 12.0. The van der Waals surface area contributed by atoms with Gasteiger partial charge in [0.15, 0.2) is 11.6 Å². The van der Waals surface area contributed by atoms with Crippen molar-refractivity contribution in [1.82, 2.24) is 39.5 Å². The highest BCUT2D eigenvalue weighted by Crippen LogP contribution is 2.36. The molecule has 16 nitrogen and oxygen atoms in total. The molecule has 1 aliphatic carbocycles. The number of carbonyl (C=O) groups excluding carboxylic acids is 3. The summed E-state index contributed by atoms with van der Waals surface area (Å²) < 4.78 is 3.58. The van der Waals surface area contributed by atoms with Crippen molar-refractivity contribution in [2.75, 3.05) is 59.3 Å². The molecule has 1 aromatic carbocycles. The van der Waals surface area contributed by atoms with Gasteiger partial charge >= 0.3 is 6.03 Å². The second-order valence-electron chi connectivity index (χ2n) is 16.3. The lowest BCUT2D eigenvalue weighted by atomic mass is 9.99. The van der Waals surface area contributed by atoms with Crippen LogP contribution in [-0.4, -0.2) is 103 Å². The van der Waals surface area contributed by atoms with Crippen molar-refractivity contribution in [1.29, 1.82) is 0 Å². The highest BCUT2D eigenvalue weighted by Gasteiger charge is 2.34. The molecule has 5 aromatic rings. The van der Waals surface area contributed by atoms with Gasteiger partial charge < -0.3 is 15.1 Å². The Morgan fingerprint density at radius 1 is 0.879 bits per heavy atom. The number of imide groups is 1. The molecule has 4 fully saturated rings. The number of aryl methyl sites for hydroxylation is 2. The number of para-hydroxylation sites is 1. The van der Waals surface area contributed by atoms with Crippen molar-refractivity contribution < 1.29 is 14.4 Å². The number of urea groups is 1. The summed E-state index contributed by atoms with van der Waals surface area (Å²) in [4.78, 5) is 73.7. The average molecular weight is 787 g/mol. The van der Waals surface area contributed by atoms with Crippen LogP contribution in [-0.2, 0) is 11.8 Å². The quantitative estimate of drug-likeness (QED) is 0.201. The number of benzene rings is 1. The molecule has 0 spiro atoms. The third-order valence-electron chi connectivity index (χ3n) is 12.7. The zero-order valence-electron chi connectivity index (χ0n) is 33.6. The summed E-state index contributed by atoms with van der Waals surface area (Å²) in [5.74, 6) is 1.05. The van der Waals surface area contributed by atoms with Gasteiger partial charge in [-0.05, 0) is 76.3 Å². The average Bonchev–Trinajstić information content (AvgIpc) is 3.86. The highest BCUT2D eigenvalue weighted by atomic mass is 16.2. The molecule has 2 N–H and O–H groups in total. The molecule has 3 aliphatic heterocycles. The number of nitrogens with one attached hydrogen (secondary N) is 2. The van der Waals surface area contributed by atoms with Gasteiger partial charge in [0, 0.05) is 87.8 Å². The van der Waals surface area contributed by atoms with Crippen molar-refractivity contribution in [3.05, 3.63) is 64.2 Å². The Balaban J connectivity index is 0.836. The number of aromatic nitrogens is 6. The number of piperidine rings is 1. The van der Waals surface area contributed by atoms with E-state index in [-0.39, 0.29) is 35.3 Å². The van der Waals surface area contributed by atoms with E-state index in [1.165, 1.54) is 6.92 Å². The van der Waals surface area contributed by atoms with Crippen molar-refractivity contribution in [3.8, 4) is 0 Å². The zero-order chi connectivity index (χ0) is 40.2. The molecule has 4 aliphatic rings. The first-order chi connectivity index (χ1) is 28.0. The Kier molecular flexibility index (Phi) is 9.82. The number of piperazine rings is 1. The van der Waals surface area contributed by atoms with E-state index in [2.05, 4.69) is 49.4 Å². The van der Waals surface area contributed by atoms with E-state index in [0.29, 0.717) is 52.8 Å². The normalized spacial score (nSPS) is 20.1. The van der Waals surface area contributed by atoms with Gasteiger partial charge in [0.2, 0.25) is 11.9 Å². The fourth-order valence-electron chi connectivity index (χ4n) is 9.78. The molecule has 1 unspecified atom stereocenters. The van der Waals surface area contributed by atoms with Crippen LogP contribution in [0.5, 0.6) is 0 Å². The summed E-state index contributed by atoms with van der Waals surface area (Å²) in [6, 6.07) is 10.6. The lowest BCUT2D eigenvalue weighted by Crippen LogP contribution is -2.57. The molecule has 3 saturated heterocycles. The molecule has 0 bridgehead atoms. The summed E-state index contributed by atoms with van der Waals surface area (Å²) >= 11 is 0. The van der Waals surface area contributed by atoms with Crippen LogP contribution in [0.15, 0.2) is 47.5 Å². The standard InChI is InChI=1S/C42H50N12O4/c1-25-24-51(33-11-7-10-31-37(33)49(4)48-39(31)53-19-16-35(56)46-42(53)58)20-21-52(25)28-14-17-50(18-15-28)30-12-13-34(43-22-30)45-41-44-23-32-26(2)36(27(3)55)40(57)54(38(32)47-41)29-8-5-6-9-29/h7,10-13,22-23,25,28-29H,5-6,8-9,14-21,24H2,1-4H3,(H,46,56,58)(H,43,44,45,47). The second kappa shape index (κ2) is 15.1. The number of nitrogens with zero attached hydrogens (tertiary/aromatic N) is 10. The molecule has 7 heterocycles. The van der Waals surface area contributed by atoms with Gasteiger partial charge in [0.1, 0.15) is 11.5 Å². The van der Waals surface area contributed by atoms with E-state index < -0.39 is 6.03 Å². The van der Waals surface area contributed by atoms with E-state index in [0.717, 1.165) is 93.5 Å². The maximum Gasteiger partial charge on any atom is 0.329 e. The fraction of sp³-hybridized carbons (Fsp3) is 0.476. The topological polar surface area (TPSA) is 167 Å². The number of amides is 3. The molecular formula is C42H50N12O4. The van der Waals surface area contributed by atoms with Crippen LogP contribution in [0, 0.1) is 6.92 Å². The van der Waals surface area contributed by atoms with Crippen molar-refractivity contribution >= 4 is 68.6 Å². The molecule has 16 heteroatoms. The number of Topliss-reactive ketones (excluding diaryl/α,β-unsaturated/α-hetero) is 1. The van der Waals surface area contributed by atoms with Crippen LogP contribution >= 0.6 is 0 Å². The number of rotatable bonds is 8. The first-order valence-electron chi connectivity index (χ1n) is 20.5. The molecule has 0 radical (unpaired) electrons. The summed E-state index contributed by atoms with van der Waals surface area (Å²) in [6.07, 6.45) is 9.84. The third kappa shape index (κ3) is 6.72. The minimum absolute atomic E-state index is 0.0147. The minimum Gasteiger partial charge on any atom is -0.370 e. The number of fused-ring (bicyclic) bond motifs is 2. The summed E-state index contributed by atoms with van der Waals surface area (Å²) in [6.45, 7) is 10.5. The molecule has 3 amide bonds. The number of carbonyl (C=O) groups is 3. The molecule has 302 valence electrons. The number of pyridine rings is 2. The fourth-order valence-corrected chi connectivity index (χ4v) is 9.78. The van der Waals surface area contributed by atoms with Gasteiger partial charge in [-0.1, -0.05) is 18.9 Å². The van der Waals surface area contributed by atoms with Crippen LogP contribution in [0.25, 0.3) is 21.9 Å². The smallest absolute Gasteiger partial charge is 0.329 e. The number of hydrogen-bond donors (Lipinski definition) is 2. The monoisotopic (exact) mass is 786 g/mol. The van der Waals surface area contributed by atoms with E-state index in [1.807, 2.05) is 36.1 Å². The Bertz CT molecular complexity index is 2480. The molecule has 1 saturated carbocycles. The molecule has 9 rings (SSSR count). The third-order valence-corrected chi connectivity index (χ3v) is 12.7. The van der Waals surface area contributed by atoms with Gasteiger partial charge in [0.05, 0.1) is 28.7 Å². The molecule has 4 aromatic heterocycles. The van der Waals surface area contributed by atoms with E-state index in [9.17, 15) is 19.2 Å². The maximum absolute atomic E-state index is 13.6. The van der Waals surface area contributed by atoms with Crippen LogP contribution in [0.3, 0.4) is 0 Å². The Labute approximate surface area is 336 Å². The number of anilines is 5. The Morgan fingerprint density at radius 2 is 1.67 bits per heavy atom. The van der Waals surface area contributed by atoms with Gasteiger partial charge in [-0.3, -0.25) is 38.7 Å². The Hall–Kier alpha value is -5.90. The van der Waals surface area contributed by atoms with E-state index in [4.69, 9.17) is 15.1 Å². The first-order valence-corrected chi connectivity index (χ1v) is 20.5. The van der Waals surface area contributed by atoms with Gasteiger partial charge in [0.25, 0.3) is 5.56 Å². The SMILES string of the molecule is CC(=O)c1c(C)c2cnc(Nc3ccc(N4CCC(N5CCN(c6cccc7c(N8CCC(=O)NC8=O)nn(C)c67)CC5C)CC4)cn3)nc2n(C2CCCC2)c1=O. The van der Waals surface area contributed by atoms with Crippen LogP contribution < -0.4 is 30.9 Å². The van der Waals surface area contributed by atoms with Gasteiger partial charge in [-0.25, -0.2) is 14.8 Å². The summed E-state index contributed by atoms with van der Waals surface area (Å²) in [5.41, 5.74) is 4.29. The van der Waals surface area contributed by atoms with Crippen molar-refractivity contribution in [2.24, 2.45) is 7.05 Å². The van der Waals surface area contributed by atoms with E-state index in [1.54, 1.807) is 22.6 Å². The highest BCUT2D eigenvalue weighted by molar-refractivity contribution is 6.10. The maximum atomic E-state index is 13.6. The summed E-state index contributed by atoms with van der Waals surface area (Å²) in [7, 11) is 1.92. The Morgan fingerprint density at radius 3 is 2.38 bits per heavy atom. The lowest BCUT2D eigenvalue weighted by molar-refractivity contribution is -0.120. The van der Waals surface area contributed by atoms with Crippen molar-refractivity contribution in [3.63, 3.8) is 0 Å². The predicted octanol–water partition coefficient (Wildman–Crippen LogP) is 5.07. The van der Waals surface area contributed by atoms with Gasteiger partial charge in [-0.15, -0.1) is 0 Å². The zero-order valence-corrected chi connectivity index (χ0v) is 33.6.